The fourth-order valence-corrected chi connectivity index (χ4v) is 2.41. The minimum Gasteiger partial charge on any atom is -0.258 e. The standard InChI is InChI=1S/C13H16N2O2S/c1-13(2,3)18-14-12-7-5-9-4-6-10(15(16)17)8-11(9)12/h4,6,8H,5,7H2,1-3H3/b14-12+. The van der Waals surface area contributed by atoms with Gasteiger partial charge in [-0.1, -0.05) is 6.07 Å². The topological polar surface area (TPSA) is 55.5 Å². The molecule has 0 bridgehead atoms. The average molecular weight is 264 g/mol. The third-order valence-electron chi connectivity index (χ3n) is 2.68. The molecule has 1 aromatic rings. The molecule has 0 saturated heterocycles. The normalized spacial score (nSPS) is 16.9. The number of aryl methyl sites for hydroxylation is 1. The fraction of sp³-hybridized carbons (Fsp3) is 0.462. The van der Waals surface area contributed by atoms with E-state index in [9.17, 15) is 10.1 Å². The maximum atomic E-state index is 10.8. The Balaban J connectivity index is 2.31. The maximum Gasteiger partial charge on any atom is 0.270 e. The van der Waals surface area contributed by atoms with Crippen molar-refractivity contribution in [2.24, 2.45) is 4.40 Å². The van der Waals surface area contributed by atoms with Crippen LogP contribution in [0.2, 0.25) is 0 Å². The molecule has 0 spiro atoms. The van der Waals surface area contributed by atoms with Gasteiger partial charge in [0.2, 0.25) is 0 Å². The van der Waals surface area contributed by atoms with E-state index in [0.717, 1.165) is 29.7 Å². The zero-order valence-electron chi connectivity index (χ0n) is 10.8. The van der Waals surface area contributed by atoms with Gasteiger partial charge in [0.1, 0.15) is 0 Å². The van der Waals surface area contributed by atoms with Crippen molar-refractivity contribution in [2.45, 2.75) is 38.4 Å². The summed E-state index contributed by atoms with van der Waals surface area (Å²) in [6.07, 6.45) is 1.80. The molecule has 0 unspecified atom stereocenters. The molecule has 0 fully saturated rings. The quantitative estimate of drug-likeness (QED) is 0.464. The van der Waals surface area contributed by atoms with Gasteiger partial charge >= 0.3 is 0 Å². The molecular formula is C13H16N2O2S. The Morgan fingerprint density at radius 2 is 2.06 bits per heavy atom. The summed E-state index contributed by atoms with van der Waals surface area (Å²) in [5, 5.41) is 10.8. The molecule has 0 aromatic heterocycles. The summed E-state index contributed by atoms with van der Waals surface area (Å²) in [4.78, 5) is 10.4. The van der Waals surface area contributed by atoms with Crippen LogP contribution in [0.4, 0.5) is 5.69 Å². The van der Waals surface area contributed by atoms with Crippen LogP contribution in [0.5, 0.6) is 0 Å². The number of hydrogen-bond acceptors (Lipinski definition) is 4. The zero-order chi connectivity index (χ0) is 13.3. The van der Waals surface area contributed by atoms with Crippen molar-refractivity contribution in [2.75, 3.05) is 0 Å². The number of hydrogen-bond donors (Lipinski definition) is 0. The third kappa shape index (κ3) is 2.90. The van der Waals surface area contributed by atoms with Crippen molar-refractivity contribution in [3.63, 3.8) is 0 Å². The van der Waals surface area contributed by atoms with Crippen molar-refractivity contribution < 1.29 is 4.92 Å². The van der Waals surface area contributed by atoms with Gasteiger partial charge in [-0.25, -0.2) is 4.40 Å². The van der Waals surface area contributed by atoms with E-state index in [4.69, 9.17) is 0 Å². The summed E-state index contributed by atoms with van der Waals surface area (Å²) in [5.74, 6) is 0. The van der Waals surface area contributed by atoms with Gasteiger partial charge in [0.15, 0.2) is 0 Å². The molecule has 96 valence electrons. The van der Waals surface area contributed by atoms with Crippen LogP contribution >= 0.6 is 11.9 Å². The van der Waals surface area contributed by atoms with Crippen LogP contribution in [0.25, 0.3) is 0 Å². The monoisotopic (exact) mass is 264 g/mol. The highest BCUT2D eigenvalue weighted by molar-refractivity contribution is 7.99. The third-order valence-corrected chi connectivity index (χ3v) is 3.54. The van der Waals surface area contributed by atoms with Gasteiger partial charge in [0, 0.05) is 22.4 Å². The Labute approximate surface area is 111 Å². The molecule has 0 radical (unpaired) electrons. The molecule has 0 atom stereocenters. The molecule has 0 heterocycles. The van der Waals surface area contributed by atoms with Crippen molar-refractivity contribution in [3.05, 3.63) is 39.4 Å². The number of fused-ring (bicyclic) bond motifs is 1. The first-order valence-electron chi connectivity index (χ1n) is 5.89. The van der Waals surface area contributed by atoms with E-state index in [-0.39, 0.29) is 15.4 Å². The Hall–Kier alpha value is -1.36. The largest absolute Gasteiger partial charge is 0.270 e. The van der Waals surface area contributed by atoms with E-state index in [0.29, 0.717) is 0 Å². The number of rotatable bonds is 2. The Morgan fingerprint density at radius 1 is 1.33 bits per heavy atom. The number of nitrogens with zero attached hydrogens (tertiary/aromatic N) is 2. The summed E-state index contributed by atoms with van der Waals surface area (Å²) in [5.41, 5.74) is 3.23. The lowest BCUT2D eigenvalue weighted by Crippen LogP contribution is -2.06. The summed E-state index contributed by atoms with van der Waals surface area (Å²) in [6, 6.07) is 5.06. The number of non-ortho nitro benzene ring substituents is 1. The first kappa shape index (κ1) is 13.1. The zero-order valence-corrected chi connectivity index (χ0v) is 11.6. The summed E-state index contributed by atoms with van der Waals surface area (Å²) in [6.45, 7) is 6.31. The second kappa shape index (κ2) is 4.72. The minimum atomic E-state index is -0.354. The SMILES string of the molecule is CC(C)(C)S/N=C1\CCc2ccc([N+](=O)[O-])cc21. The van der Waals surface area contributed by atoms with Gasteiger partial charge in [-0.15, -0.1) is 0 Å². The second-order valence-corrected chi connectivity index (χ2v) is 6.93. The van der Waals surface area contributed by atoms with Gasteiger partial charge in [-0.3, -0.25) is 10.1 Å². The van der Waals surface area contributed by atoms with Crippen molar-refractivity contribution >= 4 is 23.3 Å². The summed E-state index contributed by atoms with van der Waals surface area (Å²) >= 11 is 1.53. The smallest absolute Gasteiger partial charge is 0.258 e. The molecule has 0 saturated carbocycles. The van der Waals surface area contributed by atoms with Crippen LogP contribution in [0, 0.1) is 10.1 Å². The van der Waals surface area contributed by atoms with Crippen LogP contribution in [-0.2, 0) is 6.42 Å². The molecule has 18 heavy (non-hydrogen) atoms. The molecule has 0 aliphatic heterocycles. The predicted molar refractivity (Wildman–Crippen MR) is 75.3 cm³/mol. The van der Waals surface area contributed by atoms with Crippen LogP contribution in [-0.4, -0.2) is 15.4 Å². The van der Waals surface area contributed by atoms with E-state index < -0.39 is 0 Å². The molecule has 1 aliphatic rings. The Bertz CT molecular complexity index is 518. The van der Waals surface area contributed by atoms with E-state index in [1.807, 2.05) is 6.07 Å². The van der Waals surface area contributed by atoms with Gasteiger partial charge in [-0.2, -0.15) is 0 Å². The molecule has 0 N–H and O–H groups in total. The Morgan fingerprint density at radius 3 is 2.67 bits per heavy atom. The molecule has 0 amide bonds. The molecule has 5 heteroatoms. The van der Waals surface area contributed by atoms with Crippen molar-refractivity contribution in [1.29, 1.82) is 0 Å². The molecule has 1 aromatic carbocycles. The van der Waals surface area contributed by atoms with Crippen LogP contribution in [0.3, 0.4) is 0 Å². The highest BCUT2D eigenvalue weighted by Gasteiger charge is 2.22. The van der Waals surface area contributed by atoms with Crippen molar-refractivity contribution in [3.8, 4) is 0 Å². The van der Waals surface area contributed by atoms with Crippen LogP contribution in [0.15, 0.2) is 22.6 Å². The van der Waals surface area contributed by atoms with Crippen LogP contribution in [0.1, 0.15) is 38.3 Å². The van der Waals surface area contributed by atoms with Gasteiger partial charge in [0.25, 0.3) is 5.69 Å². The first-order chi connectivity index (χ1) is 8.37. The van der Waals surface area contributed by atoms with E-state index in [1.165, 1.54) is 11.9 Å². The van der Waals surface area contributed by atoms with E-state index >= 15 is 0 Å². The lowest BCUT2D eigenvalue weighted by Gasteiger charge is -2.13. The van der Waals surface area contributed by atoms with Gasteiger partial charge in [0.05, 0.1) is 10.6 Å². The van der Waals surface area contributed by atoms with Crippen molar-refractivity contribution in [1.82, 2.24) is 0 Å². The van der Waals surface area contributed by atoms with Gasteiger partial charge in [-0.05, 0) is 51.1 Å². The first-order valence-corrected chi connectivity index (χ1v) is 6.67. The van der Waals surface area contributed by atoms with Crippen LogP contribution < -0.4 is 0 Å². The fourth-order valence-electron chi connectivity index (χ4n) is 1.84. The summed E-state index contributed by atoms with van der Waals surface area (Å²) < 4.78 is 4.61. The molecular weight excluding hydrogens is 248 g/mol. The van der Waals surface area contributed by atoms with E-state index in [1.54, 1.807) is 12.1 Å². The predicted octanol–water partition coefficient (Wildman–Crippen LogP) is 3.78. The van der Waals surface area contributed by atoms with E-state index in [2.05, 4.69) is 25.2 Å². The average Bonchev–Trinajstić information content (AvgIpc) is 2.67. The maximum absolute atomic E-state index is 10.8. The number of nitro benzene ring substituents is 1. The molecule has 4 nitrogen and oxygen atoms in total. The second-order valence-electron chi connectivity index (χ2n) is 5.34. The minimum absolute atomic E-state index is 0.0659. The summed E-state index contributed by atoms with van der Waals surface area (Å²) in [7, 11) is 0. The van der Waals surface area contributed by atoms with Gasteiger partial charge < -0.3 is 0 Å². The highest BCUT2D eigenvalue weighted by Crippen LogP contribution is 2.31. The molecule has 2 rings (SSSR count). The lowest BCUT2D eigenvalue weighted by molar-refractivity contribution is -0.384. The lowest BCUT2D eigenvalue weighted by atomic mass is 10.1. The highest BCUT2D eigenvalue weighted by atomic mass is 32.2. The number of benzene rings is 1. The molecule has 1 aliphatic carbocycles. The number of nitro groups is 1. The Kier molecular flexibility index (Phi) is 3.43.